The first kappa shape index (κ1) is 24.9. The summed E-state index contributed by atoms with van der Waals surface area (Å²) in [5.74, 6) is 1.69. The molecule has 1 aliphatic rings. The number of hydrogen-bond acceptors (Lipinski definition) is 7. The van der Waals surface area contributed by atoms with Gasteiger partial charge in [0, 0.05) is 22.3 Å². The molecule has 36 heavy (non-hydrogen) atoms. The van der Waals surface area contributed by atoms with Gasteiger partial charge >= 0.3 is 0 Å². The minimum atomic E-state index is -0.176. The van der Waals surface area contributed by atoms with Crippen molar-refractivity contribution in [1.82, 2.24) is 14.8 Å². The van der Waals surface area contributed by atoms with Crippen LogP contribution in [0.1, 0.15) is 43.2 Å². The topological polar surface area (TPSA) is 96.7 Å². The Hall–Kier alpha value is -2.80. The summed E-state index contributed by atoms with van der Waals surface area (Å²) in [6, 6.07) is 9.63. The van der Waals surface area contributed by atoms with Crippen LogP contribution in [0.3, 0.4) is 0 Å². The minimum absolute atomic E-state index is 0.153. The Bertz CT molecular complexity index is 1510. The lowest BCUT2D eigenvalue weighted by Gasteiger charge is -2.33. The van der Waals surface area contributed by atoms with E-state index >= 15 is 0 Å². The summed E-state index contributed by atoms with van der Waals surface area (Å²) in [6.45, 7) is 6.80. The van der Waals surface area contributed by atoms with E-state index in [1.54, 1.807) is 22.0 Å². The van der Waals surface area contributed by atoms with Crippen LogP contribution < -0.4 is 5.32 Å². The number of amides is 1. The van der Waals surface area contributed by atoms with Crippen LogP contribution in [-0.4, -0.2) is 26.4 Å². The molecule has 3 heterocycles. The number of benzene rings is 1. The Morgan fingerprint density at radius 1 is 1.36 bits per heavy atom. The zero-order valence-electron chi connectivity index (χ0n) is 20.5. The lowest BCUT2D eigenvalue weighted by atomic mass is 9.72. The molecule has 1 aromatic carbocycles. The summed E-state index contributed by atoms with van der Waals surface area (Å²) in [5, 5.41) is 24.0. The summed E-state index contributed by atoms with van der Waals surface area (Å²) in [6.07, 6.45) is 2.91. The number of carbonyl (C=O) groups excluding carboxylic acids is 1. The third kappa shape index (κ3) is 4.77. The lowest BCUT2D eigenvalue weighted by molar-refractivity contribution is -0.113. The maximum Gasteiger partial charge on any atom is 0.235 e. The lowest BCUT2D eigenvalue weighted by Crippen LogP contribution is -2.26. The third-order valence-corrected chi connectivity index (χ3v) is 9.15. The van der Waals surface area contributed by atoms with Gasteiger partial charge in [0.25, 0.3) is 0 Å². The summed E-state index contributed by atoms with van der Waals surface area (Å²) >= 11 is 8.91. The molecule has 186 valence electrons. The molecule has 0 saturated heterocycles. The molecule has 1 atom stereocenters. The monoisotopic (exact) mass is 539 g/mol. The van der Waals surface area contributed by atoms with Gasteiger partial charge < -0.3 is 14.3 Å². The Kier molecular flexibility index (Phi) is 6.62. The van der Waals surface area contributed by atoms with Gasteiger partial charge in [0.15, 0.2) is 16.7 Å². The van der Waals surface area contributed by atoms with E-state index in [2.05, 4.69) is 42.4 Å². The highest BCUT2D eigenvalue weighted by Crippen LogP contribution is 2.44. The molecular formula is C26H26ClN5O2S2. The average molecular weight is 540 g/mol. The molecule has 0 aliphatic heterocycles. The van der Waals surface area contributed by atoms with E-state index in [0.29, 0.717) is 43.8 Å². The van der Waals surface area contributed by atoms with E-state index in [0.717, 1.165) is 30.2 Å². The van der Waals surface area contributed by atoms with Gasteiger partial charge in [-0.15, -0.1) is 21.5 Å². The van der Waals surface area contributed by atoms with Crippen LogP contribution in [0.2, 0.25) is 5.02 Å². The number of aromatic nitrogens is 3. The standard InChI is InChI=1S/C26H26ClN5O2S2/c1-26(2,3)15-5-7-17-18(12-28)24(36-21(17)11-15)29-22(33)13-35-25-31-30-23(32(25)4)20-10-14-9-16(27)6-8-19(14)34-20/h6,8-10,15H,5,7,11,13H2,1-4H3,(H,29,33)/t15-/m1/s1. The fraction of sp³-hybridized carbons (Fsp3) is 0.385. The number of halogens is 1. The summed E-state index contributed by atoms with van der Waals surface area (Å²) in [7, 11) is 1.84. The molecule has 1 amide bonds. The van der Waals surface area contributed by atoms with Gasteiger partial charge in [-0.2, -0.15) is 5.26 Å². The second kappa shape index (κ2) is 9.58. The van der Waals surface area contributed by atoms with Gasteiger partial charge in [-0.3, -0.25) is 4.79 Å². The molecule has 1 aliphatic carbocycles. The molecule has 1 N–H and O–H groups in total. The van der Waals surface area contributed by atoms with Crippen LogP contribution in [0.5, 0.6) is 0 Å². The number of hydrogen-bond donors (Lipinski definition) is 1. The van der Waals surface area contributed by atoms with E-state index in [4.69, 9.17) is 16.0 Å². The molecule has 0 unspecified atom stereocenters. The van der Waals surface area contributed by atoms with Crippen molar-refractivity contribution in [2.24, 2.45) is 18.4 Å². The number of anilines is 1. The minimum Gasteiger partial charge on any atom is -0.453 e. The number of thiophene rings is 1. The first-order valence-electron chi connectivity index (χ1n) is 11.7. The van der Waals surface area contributed by atoms with Crippen LogP contribution in [0.15, 0.2) is 33.8 Å². The van der Waals surface area contributed by atoms with Crippen molar-refractivity contribution in [1.29, 1.82) is 5.26 Å². The molecule has 5 rings (SSSR count). The zero-order valence-corrected chi connectivity index (χ0v) is 22.9. The Morgan fingerprint density at radius 2 is 2.17 bits per heavy atom. The molecule has 0 saturated carbocycles. The SMILES string of the molecule is Cn1c(SCC(=O)Nc2sc3c(c2C#N)CC[C@@H](C(C)(C)C)C3)nnc1-c1cc2cc(Cl)ccc2o1. The number of rotatable bonds is 5. The van der Waals surface area contributed by atoms with Crippen molar-refractivity contribution in [3.8, 4) is 17.7 Å². The predicted octanol–water partition coefficient (Wildman–Crippen LogP) is 6.70. The van der Waals surface area contributed by atoms with Crippen molar-refractivity contribution in [3.05, 3.63) is 45.3 Å². The van der Waals surface area contributed by atoms with Crippen molar-refractivity contribution in [3.63, 3.8) is 0 Å². The highest BCUT2D eigenvalue weighted by molar-refractivity contribution is 7.99. The predicted molar refractivity (Wildman–Crippen MR) is 145 cm³/mol. The van der Waals surface area contributed by atoms with E-state index in [1.165, 1.54) is 16.6 Å². The average Bonchev–Trinajstić information content (AvgIpc) is 3.50. The first-order valence-corrected chi connectivity index (χ1v) is 13.9. The normalized spacial score (nSPS) is 15.6. The van der Waals surface area contributed by atoms with E-state index in [9.17, 15) is 10.1 Å². The molecular weight excluding hydrogens is 514 g/mol. The number of nitriles is 1. The molecule has 0 fully saturated rings. The number of nitrogens with one attached hydrogen (secondary N) is 1. The fourth-order valence-electron chi connectivity index (χ4n) is 4.60. The van der Waals surface area contributed by atoms with Crippen LogP contribution in [-0.2, 0) is 24.7 Å². The van der Waals surface area contributed by atoms with Gasteiger partial charge in [-0.25, -0.2) is 0 Å². The van der Waals surface area contributed by atoms with Gasteiger partial charge in [-0.05, 0) is 60.4 Å². The van der Waals surface area contributed by atoms with Gasteiger partial charge in [0.05, 0.1) is 11.3 Å². The fourth-order valence-corrected chi connectivity index (χ4v) is 6.79. The zero-order chi connectivity index (χ0) is 25.6. The Labute approximate surface area is 222 Å². The maximum absolute atomic E-state index is 12.8. The van der Waals surface area contributed by atoms with Crippen molar-refractivity contribution in [2.45, 2.75) is 45.2 Å². The highest BCUT2D eigenvalue weighted by atomic mass is 35.5. The number of nitrogens with zero attached hydrogens (tertiary/aromatic N) is 4. The molecule has 10 heteroatoms. The second-order valence-corrected chi connectivity index (χ2v) is 12.6. The smallest absolute Gasteiger partial charge is 0.235 e. The van der Waals surface area contributed by atoms with Crippen LogP contribution >= 0.6 is 34.7 Å². The van der Waals surface area contributed by atoms with Gasteiger partial charge in [0.2, 0.25) is 5.91 Å². The van der Waals surface area contributed by atoms with Crippen molar-refractivity contribution < 1.29 is 9.21 Å². The molecule has 3 aromatic heterocycles. The number of thioether (sulfide) groups is 1. The van der Waals surface area contributed by atoms with E-state index in [1.807, 2.05) is 25.2 Å². The molecule has 0 spiro atoms. The first-order chi connectivity index (χ1) is 17.1. The Morgan fingerprint density at radius 3 is 2.92 bits per heavy atom. The van der Waals surface area contributed by atoms with E-state index in [-0.39, 0.29) is 17.1 Å². The van der Waals surface area contributed by atoms with Crippen LogP contribution in [0.25, 0.3) is 22.6 Å². The van der Waals surface area contributed by atoms with Crippen LogP contribution in [0.4, 0.5) is 5.00 Å². The number of furan rings is 1. The quantitative estimate of drug-likeness (QED) is 0.283. The van der Waals surface area contributed by atoms with E-state index < -0.39 is 0 Å². The molecule has 0 radical (unpaired) electrons. The van der Waals surface area contributed by atoms with Crippen molar-refractivity contribution >= 4 is 56.6 Å². The van der Waals surface area contributed by atoms with Gasteiger partial charge in [-0.1, -0.05) is 44.1 Å². The van der Waals surface area contributed by atoms with Gasteiger partial charge in [0.1, 0.15) is 16.7 Å². The third-order valence-electron chi connectivity index (χ3n) is 6.72. The summed E-state index contributed by atoms with van der Waals surface area (Å²) in [5.41, 5.74) is 2.66. The molecule has 0 bridgehead atoms. The maximum atomic E-state index is 12.8. The Balaban J connectivity index is 1.27. The highest BCUT2D eigenvalue weighted by Gasteiger charge is 2.32. The molecule has 7 nitrogen and oxygen atoms in total. The number of carbonyl (C=O) groups is 1. The number of fused-ring (bicyclic) bond motifs is 2. The summed E-state index contributed by atoms with van der Waals surface area (Å²) in [4.78, 5) is 14.0. The second-order valence-electron chi connectivity index (χ2n) is 10.1. The van der Waals surface area contributed by atoms with Crippen LogP contribution in [0, 0.1) is 22.7 Å². The molecule has 4 aromatic rings. The largest absolute Gasteiger partial charge is 0.453 e. The summed E-state index contributed by atoms with van der Waals surface area (Å²) < 4.78 is 7.70. The van der Waals surface area contributed by atoms with Crippen molar-refractivity contribution in [2.75, 3.05) is 11.1 Å².